The maximum atomic E-state index is 11.4. The van der Waals surface area contributed by atoms with Crippen LogP contribution in [0.2, 0.25) is 0 Å². The summed E-state index contributed by atoms with van der Waals surface area (Å²) in [5, 5.41) is 3.38. The Labute approximate surface area is 133 Å². The minimum atomic E-state index is -0.436. The minimum absolute atomic E-state index is 0.436. The Bertz CT molecular complexity index is 882. The van der Waals surface area contributed by atoms with Gasteiger partial charge in [-0.05, 0) is 30.9 Å². The van der Waals surface area contributed by atoms with Gasteiger partial charge in [0.1, 0.15) is 0 Å². The first-order valence-electron chi connectivity index (χ1n) is 7.68. The SMILES string of the molecule is NC(=O)c1cccc(-c2cnc3c(NCC4CC4)nccn23)c1. The largest absolute Gasteiger partial charge is 0.367 e. The topological polar surface area (TPSA) is 85.3 Å². The van der Waals surface area contributed by atoms with Gasteiger partial charge in [0.15, 0.2) is 11.5 Å². The van der Waals surface area contributed by atoms with Crippen molar-refractivity contribution < 1.29 is 4.79 Å². The van der Waals surface area contributed by atoms with Gasteiger partial charge in [-0.1, -0.05) is 12.1 Å². The second-order valence-corrected chi connectivity index (χ2v) is 5.88. The zero-order valence-corrected chi connectivity index (χ0v) is 12.6. The summed E-state index contributed by atoms with van der Waals surface area (Å²) < 4.78 is 1.97. The lowest BCUT2D eigenvalue weighted by molar-refractivity contribution is 0.100. The molecule has 2 heterocycles. The second-order valence-electron chi connectivity index (χ2n) is 5.88. The molecule has 0 aliphatic heterocycles. The number of benzene rings is 1. The molecule has 1 amide bonds. The van der Waals surface area contributed by atoms with Crippen LogP contribution < -0.4 is 11.1 Å². The van der Waals surface area contributed by atoms with Crippen molar-refractivity contribution in [2.24, 2.45) is 11.7 Å². The molecule has 6 nitrogen and oxygen atoms in total. The summed E-state index contributed by atoms with van der Waals surface area (Å²) in [6.45, 7) is 0.937. The number of carbonyl (C=O) groups excluding carboxylic acids is 1. The molecule has 4 rings (SSSR count). The zero-order chi connectivity index (χ0) is 15.8. The van der Waals surface area contributed by atoms with Gasteiger partial charge in [-0.2, -0.15) is 0 Å². The maximum absolute atomic E-state index is 11.4. The van der Waals surface area contributed by atoms with Crippen LogP contribution in [0.25, 0.3) is 16.9 Å². The molecular weight excluding hydrogens is 290 g/mol. The summed E-state index contributed by atoms with van der Waals surface area (Å²) in [6.07, 6.45) is 7.99. The molecule has 116 valence electrons. The molecule has 0 bridgehead atoms. The molecule has 6 heteroatoms. The molecule has 1 fully saturated rings. The number of hydrogen-bond donors (Lipinski definition) is 2. The van der Waals surface area contributed by atoms with Gasteiger partial charge in [-0.25, -0.2) is 9.97 Å². The van der Waals surface area contributed by atoms with Crippen molar-refractivity contribution in [3.05, 3.63) is 48.4 Å². The van der Waals surface area contributed by atoms with Gasteiger partial charge in [0.2, 0.25) is 5.91 Å². The molecule has 3 aromatic rings. The first-order valence-corrected chi connectivity index (χ1v) is 7.68. The molecule has 2 aromatic heterocycles. The van der Waals surface area contributed by atoms with Gasteiger partial charge >= 0.3 is 0 Å². The van der Waals surface area contributed by atoms with Crippen LogP contribution in [0.4, 0.5) is 5.82 Å². The molecule has 23 heavy (non-hydrogen) atoms. The number of aromatic nitrogens is 3. The van der Waals surface area contributed by atoms with Crippen molar-refractivity contribution in [3.63, 3.8) is 0 Å². The highest BCUT2D eigenvalue weighted by molar-refractivity contribution is 5.94. The molecule has 1 aliphatic carbocycles. The van der Waals surface area contributed by atoms with E-state index in [0.29, 0.717) is 5.56 Å². The number of hydrogen-bond acceptors (Lipinski definition) is 4. The minimum Gasteiger partial charge on any atom is -0.367 e. The molecule has 0 atom stereocenters. The molecular formula is C17H17N5O. The molecule has 3 N–H and O–H groups in total. The Morgan fingerprint density at radius 3 is 3.00 bits per heavy atom. The van der Waals surface area contributed by atoms with Gasteiger partial charge < -0.3 is 11.1 Å². The van der Waals surface area contributed by atoms with E-state index < -0.39 is 5.91 Å². The van der Waals surface area contributed by atoms with E-state index in [1.54, 1.807) is 24.5 Å². The molecule has 1 aromatic carbocycles. The monoisotopic (exact) mass is 307 g/mol. The summed E-state index contributed by atoms with van der Waals surface area (Å²) in [7, 11) is 0. The van der Waals surface area contributed by atoms with Gasteiger partial charge in [0, 0.05) is 30.1 Å². The number of primary amides is 1. The van der Waals surface area contributed by atoms with Crippen molar-refractivity contribution in [3.8, 4) is 11.3 Å². The third-order valence-electron chi connectivity index (χ3n) is 4.13. The van der Waals surface area contributed by atoms with E-state index in [-0.39, 0.29) is 0 Å². The predicted molar refractivity (Wildman–Crippen MR) is 88.2 cm³/mol. The third-order valence-corrected chi connectivity index (χ3v) is 4.13. The van der Waals surface area contributed by atoms with Crippen LogP contribution in [0.15, 0.2) is 42.9 Å². The normalized spacial score (nSPS) is 14.1. The Hall–Kier alpha value is -2.89. The van der Waals surface area contributed by atoms with E-state index in [1.807, 2.05) is 22.7 Å². The Morgan fingerprint density at radius 1 is 1.35 bits per heavy atom. The Kier molecular flexibility index (Phi) is 3.22. The van der Waals surface area contributed by atoms with Crippen LogP contribution >= 0.6 is 0 Å². The zero-order valence-electron chi connectivity index (χ0n) is 12.6. The first-order chi connectivity index (χ1) is 11.2. The van der Waals surface area contributed by atoms with E-state index >= 15 is 0 Å². The average Bonchev–Trinajstić information content (AvgIpc) is 3.30. The smallest absolute Gasteiger partial charge is 0.248 e. The molecule has 0 spiro atoms. The highest BCUT2D eigenvalue weighted by Crippen LogP contribution is 2.29. The number of nitrogens with one attached hydrogen (secondary N) is 1. The summed E-state index contributed by atoms with van der Waals surface area (Å²) in [4.78, 5) is 20.3. The van der Waals surface area contributed by atoms with Crippen LogP contribution in [0.5, 0.6) is 0 Å². The van der Waals surface area contributed by atoms with E-state index in [9.17, 15) is 4.79 Å². The fourth-order valence-corrected chi connectivity index (χ4v) is 2.65. The van der Waals surface area contributed by atoms with Gasteiger partial charge in [-0.3, -0.25) is 9.20 Å². The number of fused-ring (bicyclic) bond motifs is 1. The second kappa shape index (κ2) is 5.39. The summed E-state index contributed by atoms with van der Waals surface area (Å²) in [6, 6.07) is 7.25. The lowest BCUT2D eigenvalue weighted by Crippen LogP contribution is -2.10. The van der Waals surface area contributed by atoms with E-state index in [1.165, 1.54) is 12.8 Å². The van der Waals surface area contributed by atoms with Crippen LogP contribution in [0.3, 0.4) is 0 Å². The van der Waals surface area contributed by atoms with E-state index in [2.05, 4.69) is 15.3 Å². The van der Waals surface area contributed by atoms with E-state index in [0.717, 1.165) is 35.2 Å². The predicted octanol–water partition coefficient (Wildman–Crippen LogP) is 2.32. The van der Waals surface area contributed by atoms with Gasteiger partial charge in [0.25, 0.3) is 0 Å². The van der Waals surface area contributed by atoms with Gasteiger partial charge in [0.05, 0.1) is 11.9 Å². The lowest BCUT2D eigenvalue weighted by Gasteiger charge is -2.07. The maximum Gasteiger partial charge on any atom is 0.248 e. The Balaban J connectivity index is 1.74. The Morgan fingerprint density at radius 2 is 2.22 bits per heavy atom. The third kappa shape index (κ3) is 2.63. The van der Waals surface area contributed by atoms with Crippen molar-refractivity contribution in [2.45, 2.75) is 12.8 Å². The van der Waals surface area contributed by atoms with Crippen molar-refractivity contribution in [2.75, 3.05) is 11.9 Å². The number of rotatable bonds is 5. The van der Waals surface area contributed by atoms with E-state index in [4.69, 9.17) is 5.73 Å². The van der Waals surface area contributed by atoms with Crippen LogP contribution in [-0.2, 0) is 0 Å². The van der Waals surface area contributed by atoms with Crippen molar-refractivity contribution in [1.29, 1.82) is 0 Å². The number of imidazole rings is 1. The molecule has 1 saturated carbocycles. The number of anilines is 1. The van der Waals surface area contributed by atoms with Crippen LogP contribution in [-0.4, -0.2) is 26.8 Å². The molecule has 0 radical (unpaired) electrons. The highest BCUT2D eigenvalue weighted by Gasteiger charge is 2.21. The highest BCUT2D eigenvalue weighted by atomic mass is 16.1. The molecule has 0 unspecified atom stereocenters. The van der Waals surface area contributed by atoms with Crippen LogP contribution in [0.1, 0.15) is 23.2 Å². The van der Waals surface area contributed by atoms with Crippen molar-refractivity contribution >= 4 is 17.4 Å². The quantitative estimate of drug-likeness (QED) is 0.757. The summed E-state index contributed by atoms with van der Waals surface area (Å²) in [5.41, 5.74) is 8.43. The number of nitrogens with zero attached hydrogens (tertiary/aromatic N) is 3. The fraction of sp³-hybridized carbons (Fsp3) is 0.235. The van der Waals surface area contributed by atoms with Crippen LogP contribution in [0, 0.1) is 5.92 Å². The molecule has 0 saturated heterocycles. The van der Waals surface area contributed by atoms with Crippen molar-refractivity contribution in [1.82, 2.24) is 14.4 Å². The molecule has 1 aliphatic rings. The standard InChI is InChI=1S/C17H17N5O/c18-15(23)13-3-1-2-12(8-13)14-10-21-17-16(19-6-7-22(14)17)20-9-11-4-5-11/h1-3,6-8,10-11H,4-5,9H2,(H2,18,23)(H,19,20). The number of carbonyl (C=O) groups is 1. The first kappa shape index (κ1) is 13.8. The number of nitrogens with two attached hydrogens (primary N) is 1. The summed E-state index contributed by atoms with van der Waals surface area (Å²) >= 11 is 0. The average molecular weight is 307 g/mol. The lowest BCUT2D eigenvalue weighted by atomic mass is 10.1. The number of amides is 1. The van der Waals surface area contributed by atoms with Gasteiger partial charge in [-0.15, -0.1) is 0 Å². The summed E-state index contributed by atoms with van der Waals surface area (Å²) in [5.74, 6) is 1.12. The fourth-order valence-electron chi connectivity index (χ4n) is 2.65.